The van der Waals surface area contributed by atoms with Crippen LogP contribution in [0.4, 0.5) is 0 Å². The van der Waals surface area contributed by atoms with Gasteiger partial charge in [0.15, 0.2) is 0 Å². The molecule has 1 fully saturated rings. The Morgan fingerprint density at radius 2 is 1.86 bits per heavy atom. The molecule has 2 N–H and O–H groups in total. The van der Waals surface area contributed by atoms with Crippen LogP contribution in [0.2, 0.25) is 12.6 Å². The van der Waals surface area contributed by atoms with Crippen LogP contribution in [0.3, 0.4) is 0 Å². The van der Waals surface area contributed by atoms with Crippen molar-refractivity contribution in [1.29, 1.82) is 0 Å². The lowest BCUT2D eigenvalue weighted by molar-refractivity contribution is 0.604. The minimum absolute atomic E-state index is 0.505. The normalized spacial score (nSPS) is 24.1. The molecule has 39 valence electrons. The van der Waals surface area contributed by atoms with Gasteiger partial charge in [-0.25, -0.2) is 0 Å². The smallest absolute Gasteiger partial charge is 0.109 e. The molecular formula is C5H11BN. The highest BCUT2D eigenvalue weighted by Crippen LogP contribution is 2.10. The largest absolute Gasteiger partial charge is 0.328 e. The van der Waals surface area contributed by atoms with Crippen molar-refractivity contribution < 1.29 is 0 Å². The maximum absolute atomic E-state index is 5.61. The zero-order valence-electron chi connectivity index (χ0n) is 4.56. The highest BCUT2D eigenvalue weighted by molar-refractivity contribution is 6.35. The summed E-state index contributed by atoms with van der Waals surface area (Å²) in [5, 5.41) is 0. The van der Waals surface area contributed by atoms with Crippen molar-refractivity contribution in [3.8, 4) is 0 Å². The molecule has 0 bridgehead atoms. The van der Waals surface area contributed by atoms with Crippen LogP contribution >= 0.6 is 0 Å². The Kier molecular flexibility index (Phi) is 1.74. The minimum Gasteiger partial charge on any atom is -0.328 e. The summed E-state index contributed by atoms with van der Waals surface area (Å²) in [7, 11) is 2.32. The molecule has 0 spiro atoms. The Balaban J connectivity index is 2.12. The van der Waals surface area contributed by atoms with Crippen LogP contribution in [0.15, 0.2) is 0 Å². The van der Waals surface area contributed by atoms with E-state index in [1.807, 2.05) is 0 Å². The van der Waals surface area contributed by atoms with E-state index in [0.717, 1.165) is 0 Å². The Labute approximate surface area is 45.5 Å². The molecule has 7 heavy (non-hydrogen) atoms. The predicted octanol–water partition coefficient (Wildman–Crippen LogP) is 0.648. The van der Waals surface area contributed by atoms with Crippen LogP contribution in [0.25, 0.3) is 0 Å². The van der Waals surface area contributed by atoms with E-state index >= 15 is 0 Å². The third-order valence-corrected chi connectivity index (χ3v) is 1.48. The van der Waals surface area contributed by atoms with Gasteiger partial charge in [-0.15, -0.1) is 0 Å². The van der Waals surface area contributed by atoms with Gasteiger partial charge in [-0.05, 0) is 12.8 Å². The number of nitrogens with two attached hydrogens (primary N) is 1. The average molecular weight is 96.0 g/mol. The maximum Gasteiger partial charge on any atom is 0.109 e. The predicted molar refractivity (Wildman–Crippen MR) is 32.6 cm³/mol. The first kappa shape index (κ1) is 5.17. The van der Waals surface area contributed by atoms with Gasteiger partial charge in [0, 0.05) is 6.04 Å². The van der Waals surface area contributed by atoms with Crippen LogP contribution in [-0.4, -0.2) is 13.3 Å². The molecule has 0 unspecified atom stereocenters. The summed E-state index contributed by atoms with van der Waals surface area (Å²) in [5.74, 6) is 0. The number of hydrogen-bond donors (Lipinski definition) is 1. The van der Waals surface area contributed by atoms with Crippen molar-refractivity contribution in [2.24, 2.45) is 5.73 Å². The summed E-state index contributed by atoms with van der Waals surface area (Å²) in [4.78, 5) is 0. The molecule has 1 rings (SSSR count). The zero-order valence-corrected chi connectivity index (χ0v) is 4.56. The van der Waals surface area contributed by atoms with Crippen LogP contribution in [0.5, 0.6) is 0 Å². The standard InChI is InChI=1S/C5H11BN/c7-5-1-3-6-4-2-5/h5H,1-4,7H2. The molecule has 0 atom stereocenters. The zero-order chi connectivity index (χ0) is 5.11. The highest BCUT2D eigenvalue weighted by Gasteiger charge is 2.07. The first-order valence-corrected chi connectivity index (χ1v) is 2.97. The molecule has 1 aliphatic heterocycles. The van der Waals surface area contributed by atoms with Crippen molar-refractivity contribution >= 4 is 7.28 Å². The Morgan fingerprint density at radius 1 is 1.29 bits per heavy atom. The Bertz CT molecular complexity index is 50.0. The molecular weight excluding hydrogens is 84.9 g/mol. The lowest BCUT2D eigenvalue weighted by Gasteiger charge is -2.14. The van der Waals surface area contributed by atoms with Crippen LogP contribution in [0, 0.1) is 0 Å². The van der Waals surface area contributed by atoms with E-state index in [4.69, 9.17) is 5.73 Å². The quantitative estimate of drug-likeness (QED) is 0.440. The van der Waals surface area contributed by atoms with Crippen LogP contribution in [0.1, 0.15) is 12.8 Å². The van der Waals surface area contributed by atoms with Crippen molar-refractivity contribution in [2.75, 3.05) is 0 Å². The Hall–Kier alpha value is 0.0249. The van der Waals surface area contributed by atoms with E-state index < -0.39 is 0 Å². The van der Waals surface area contributed by atoms with Gasteiger partial charge in [-0.2, -0.15) is 0 Å². The van der Waals surface area contributed by atoms with Gasteiger partial charge in [-0.1, -0.05) is 12.6 Å². The average Bonchev–Trinajstić information content (AvgIpc) is 1.69. The molecule has 2 heteroatoms. The van der Waals surface area contributed by atoms with Crippen molar-refractivity contribution in [3.05, 3.63) is 0 Å². The first-order valence-electron chi connectivity index (χ1n) is 2.97. The fourth-order valence-electron chi connectivity index (χ4n) is 0.953. The molecule has 1 radical (unpaired) electrons. The van der Waals surface area contributed by atoms with Gasteiger partial charge in [0.05, 0.1) is 0 Å². The summed E-state index contributed by atoms with van der Waals surface area (Å²) >= 11 is 0. The minimum atomic E-state index is 0.505. The van der Waals surface area contributed by atoms with Gasteiger partial charge in [0.1, 0.15) is 7.28 Å². The second-order valence-electron chi connectivity index (χ2n) is 2.20. The van der Waals surface area contributed by atoms with E-state index in [-0.39, 0.29) is 0 Å². The van der Waals surface area contributed by atoms with Gasteiger partial charge < -0.3 is 5.73 Å². The molecule has 1 aliphatic rings. The molecule has 0 amide bonds. The third kappa shape index (κ3) is 1.52. The van der Waals surface area contributed by atoms with Crippen LogP contribution in [-0.2, 0) is 0 Å². The molecule has 0 aromatic rings. The van der Waals surface area contributed by atoms with E-state index in [1.165, 1.54) is 25.5 Å². The van der Waals surface area contributed by atoms with E-state index in [1.54, 1.807) is 0 Å². The summed E-state index contributed by atoms with van der Waals surface area (Å²) in [5.41, 5.74) is 5.61. The van der Waals surface area contributed by atoms with Gasteiger partial charge in [-0.3, -0.25) is 0 Å². The number of rotatable bonds is 0. The van der Waals surface area contributed by atoms with E-state index in [2.05, 4.69) is 7.28 Å². The molecule has 1 saturated heterocycles. The van der Waals surface area contributed by atoms with Crippen LogP contribution < -0.4 is 5.73 Å². The van der Waals surface area contributed by atoms with Gasteiger partial charge in [0.25, 0.3) is 0 Å². The van der Waals surface area contributed by atoms with E-state index in [9.17, 15) is 0 Å². The number of hydrogen-bond acceptors (Lipinski definition) is 1. The summed E-state index contributed by atoms with van der Waals surface area (Å²) in [6.45, 7) is 0. The third-order valence-electron chi connectivity index (χ3n) is 1.48. The molecule has 0 aromatic carbocycles. The lowest BCUT2D eigenvalue weighted by atomic mass is 9.63. The highest BCUT2D eigenvalue weighted by atomic mass is 14.6. The lowest BCUT2D eigenvalue weighted by Crippen LogP contribution is -2.24. The molecule has 0 saturated carbocycles. The topological polar surface area (TPSA) is 26.0 Å². The second-order valence-corrected chi connectivity index (χ2v) is 2.20. The van der Waals surface area contributed by atoms with Gasteiger partial charge >= 0.3 is 0 Å². The summed E-state index contributed by atoms with van der Waals surface area (Å²) in [6, 6.07) is 0.505. The summed E-state index contributed by atoms with van der Waals surface area (Å²) < 4.78 is 0. The summed E-state index contributed by atoms with van der Waals surface area (Å²) in [6.07, 6.45) is 4.89. The van der Waals surface area contributed by atoms with Crippen molar-refractivity contribution in [2.45, 2.75) is 31.5 Å². The molecule has 0 aliphatic carbocycles. The molecule has 0 aromatic heterocycles. The fraction of sp³-hybridized carbons (Fsp3) is 1.00. The van der Waals surface area contributed by atoms with E-state index in [0.29, 0.717) is 6.04 Å². The molecule has 1 heterocycles. The molecule has 1 nitrogen and oxygen atoms in total. The SMILES string of the molecule is NC1CC[B]CC1. The van der Waals surface area contributed by atoms with Crippen molar-refractivity contribution in [1.82, 2.24) is 0 Å². The fourth-order valence-corrected chi connectivity index (χ4v) is 0.953. The Morgan fingerprint density at radius 3 is 2.14 bits per heavy atom. The van der Waals surface area contributed by atoms with Crippen molar-refractivity contribution in [3.63, 3.8) is 0 Å². The maximum atomic E-state index is 5.61. The second kappa shape index (κ2) is 2.36. The van der Waals surface area contributed by atoms with Gasteiger partial charge in [0.2, 0.25) is 0 Å². The first-order chi connectivity index (χ1) is 3.39. The monoisotopic (exact) mass is 96.1 g/mol.